The van der Waals surface area contributed by atoms with Crippen LogP contribution in [0.5, 0.6) is 0 Å². The summed E-state index contributed by atoms with van der Waals surface area (Å²) in [6.07, 6.45) is -2.88. The van der Waals surface area contributed by atoms with E-state index in [4.69, 9.17) is 0 Å². The number of carbonyl (C=O) groups excluding carboxylic acids is 2. The maximum Gasteiger partial charge on any atom is 0.416 e. The summed E-state index contributed by atoms with van der Waals surface area (Å²) < 4.78 is 53.8. The van der Waals surface area contributed by atoms with Gasteiger partial charge in [0.05, 0.1) is 16.9 Å². The predicted octanol–water partition coefficient (Wildman–Crippen LogP) is 3.97. The summed E-state index contributed by atoms with van der Waals surface area (Å²) in [5.41, 5.74) is 0.315. The molecule has 0 aliphatic carbocycles. The molecule has 2 aromatic carbocycles. The van der Waals surface area contributed by atoms with E-state index in [2.05, 4.69) is 20.9 Å². The number of alkyl halides is 3. The molecule has 0 bridgehead atoms. The van der Waals surface area contributed by atoms with Crippen LogP contribution in [0, 0.1) is 5.82 Å². The number of nitrogens with one attached hydrogen (secondary N) is 2. The molecule has 0 radical (unpaired) electrons. The van der Waals surface area contributed by atoms with Gasteiger partial charge in [0.1, 0.15) is 5.82 Å². The Labute approximate surface area is 196 Å². The molecule has 0 fully saturated rings. The van der Waals surface area contributed by atoms with Gasteiger partial charge in [0.25, 0.3) is 11.8 Å². The topological polar surface area (TPSA) is 88.9 Å². The Bertz CT molecular complexity index is 1180. The zero-order valence-electron chi connectivity index (χ0n) is 18.2. The summed E-state index contributed by atoms with van der Waals surface area (Å²) >= 11 is 1.42. The molecule has 0 aliphatic heterocycles. The average Bonchev–Trinajstić information content (AvgIpc) is 3.21. The van der Waals surface area contributed by atoms with Crippen molar-refractivity contribution in [2.24, 2.45) is 0 Å². The molecule has 2 amide bonds. The van der Waals surface area contributed by atoms with Crippen molar-refractivity contribution in [2.45, 2.75) is 25.4 Å². The minimum absolute atomic E-state index is 0.00500. The van der Waals surface area contributed by atoms with Gasteiger partial charge in [0.2, 0.25) is 0 Å². The third-order valence-corrected chi connectivity index (χ3v) is 5.27. The third-order valence-electron chi connectivity index (χ3n) is 4.71. The van der Waals surface area contributed by atoms with Gasteiger partial charge in [-0.15, -0.1) is 5.10 Å². The van der Waals surface area contributed by atoms with Gasteiger partial charge in [-0.3, -0.25) is 9.59 Å². The van der Waals surface area contributed by atoms with Crippen molar-refractivity contribution in [1.82, 2.24) is 25.6 Å². The first-order chi connectivity index (χ1) is 16.1. The van der Waals surface area contributed by atoms with E-state index in [1.54, 1.807) is 24.3 Å². The molecule has 1 aromatic heterocycles. The second-order valence-corrected chi connectivity index (χ2v) is 8.03. The van der Waals surface area contributed by atoms with Gasteiger partial charge in [-0.2, -0.15) is 24.9 Å². The summed E-state index contributed by atoms with van der Waals surface area (Å²) in [4.78, 5) is 24.7. The molecule has 2 N–H and O–H groups in total. The highest BCUT2D eigenvalue weighted by molar-refractivity contribution is 7.97. The average molecular weight is 496 g/mol. The zero-order valence-corrected chi connectivity index (χ0v) is 19.1. The van der Waals surface area contributed by atoms with Crippen LogP contribution < -0.4 is 10.6 Å². The van der Waals surface area contributed by atoms with Crippen molar-refractivity contribution >= 4 is 23.6 Å². The number of aromatic nitrogens is 3. The number of carbonyl (C=O) groups is 2. The van der Waals surface area contributed by atoms with Crippen LogP contribution in [0.4, 0.5) is 17.6 Å². The molecular formula is C22H21F4N5O2S. The second kappa shape index (κ2) is 10.7. The Morgan fingerprint density at radius 2 is 1.76 bits per heavy atom. The van der Waals surface area contributed by atoms with Crippen LogP contribution in [0.25, 0.3) is 5.69 Å². The highest BCUT2D eigenvalue weighted by Crippen LogP contribution is 2.30. The Balaban J connectivity index is 1.81. The van der Waals surface area contributed by atoms with Crippen LogP contribution in [0.15, 0.2) is 42.5 Å². The molecule has 0 saturated carbocycles. The van der Waals surface area contributed by atoms with Gasteiger partial charge in [-0.05, 0) is 61.2 Å². The minimum Gasteiger partial charge on any atom is -0.352 e. The Morgan fingerprint density at radius 3 is 2.38 bits per heavy atom. The normalized spacial score (nSPS) is 11.4. The number of hydrogen-bond donors (Lipinski definition) is 2. The first kappa shape index (κ1) is 25.2. The van der Waals surface area contributed by atoms with Crippen molar-refractivity contribution in [3.8, 4) is 5.69 Å². The van der Waals surface area contributed by atoms with E-state index in [9.17, 15) is 27.2 Å². The first-order valence-corrected chi connectivity index (χ1v) is 11.5. The molecule has 0 aliphatic rings. The van der Waals surface area contributed by atoms with Crippen molar-refractivity contribution < 1.29 is 27.2 Å². The predicted molar refractivity (Wildman–Crippen MR) is 119 cm³/mol. The number of hydrogen-bond acceptors (Lipinski definition) is 5. The Morgan fingerprint density at radius 1 is 1.06 bits per heavy atom. The fraction of sp³-hybridized carbons (Fsp3) is 0.273. The van der Waals surface area contributed by atoms with Crippen LogP contribution >= 0.6 is 11.8 Å². The van der Waals surface area contributed by atoms with Gasteiger partial charge in [0, 0.05) is 24.4 Å². The van der Waals surface area contributed by atoms with E-state index in [0.717, 1.165) is 12.1 Å². The number of rotatable bonds is 8. The van der Waals surface area contributed by atoms with E-state index in [-0.39, 0.29) is 23.7 Å². The van der Waals surface area contributed by atoms with Crippen molar-refractivity contribution in [1.29, 1.82) is 0 Å². The van der Waals surface area contributed by atoms with E-state index in [1.165, 1.54) is 16.4 Å². The monoisotopic (exact) mass is 495 g/mol. The van der Waals surface area contributed by atoms with Crippen LogP contribution in [-0.4, -0.2) is 39.6 Å². The largest absolute Gasteiger partial charge is 0.416 e. The lowest BCUT2D eigenvalue weighted by atomic mass is 10.1. The van der Waals surface area contributed by atoms with Crippen LogP contribution in [-0.2, 0) is 18.5 Å². The lowest BCUT2D eigenvalue weighted by Gasteiger charge is -2.11. The maximum atomic E-state index is 13.6. The molecular weight excluding hydrogens is 474 g/mol. The van der Waals surface area contributed by atoms with E-state index in [0.29, 0.717) is 35.3 Å². The van der Waals surface area contributed by atoms with Crippen molar-refractivity contribution in [3.63, 3.8) is 0 Å². The Hall–Kier alpha value is -3.41. The van der Waals surface area contributed by atoms with E-state index in [1.807, 2.05) is 13.2 Å². The summed E-state index contributed by atoms with van der Waals surface area (Å²) in [5, 5.41) is 13.1. The molecule has 12 heteroatoms. The molecule has 1 heterocycles. The lowest BCUT2D eigenvalue weighted by Crippen LogP contribution is -2.25. The summed E-state index contributed by atoms with van der Waals surface area (Å²) in [6.45, 7) is 1.98. The first-order valence-electron chi connectivity index (χ1n) is 10.1. The van der Waals surface area contributed by atoms with Gasteiger partial charge in [-0.25, -0.2) is 9.07 Å². The molecule has 0 saturated heterocycles. The number of nitrogens with zero attached hydrogens (tertiary/aromatic N) is 3. The summed E-state index contributed by atoms with van der Waals surface area (Å²) in [7, 11) is 0. The van der Waals surface area contributed by atoms with Crippen molar-refractivity contribution in [3.05, 3.63) is 76.4 Å². The Kier molecular flexibility index (Phi) is 7.92. The molecule has 3 rings (SSSR count). The minimum atomic E-state index is -4.71. The van der Waals surface area contributed by atoms with Gasteiger partial charge >= 0.3 is 6.18 Å². The third kappa shape index (κ3) is 5.93. The molecule has 0 unspecified atom stereocenters. The van der Waals surface area contributed by atoms with Crippen LogP contribution in [0.2, 0.25) is 0 Å². The molecule has 7 nitrogen and oxygen atoms in total. The lowest BCUT2D eigenvalue weighted by molar-refractivity contribution is -0.137. The van der Waals surface area contributed by atoms with E-state index < -0.39 is 23.5 Å². The number of thioether (sulfide) groups is 1. The van der Waals surface area contributed by atoms with Gasteiger partial charge in [0.15, 0.2) is 5.69 Å². The van der Waals surface area contributed by atoms with Crippen LogP contribution in [0.1, 0.15) is 44.6 Å². The SMILES string of the molecule is CCNC(=O)c1ccc(-n2nnc(C(=O)NCc3cc(F)cc(C(F)(F)F)c3)c2CSC)cc1. The molecule has 3 aromatic rings. The van der Waals surface area contributed by atoms with E-state index >= 15 is 0 Å². The van der Waals surface area contributed by atoms with Gasteiger partial charge < -0.3 is 10.6 Å². The maximum absolute atomic E-state index is 13.6. The summed E-state index contributed by atoms with van der Waals surface area (Å²) in [5.74, 6) is -1.56. The van der Waals surface area contributed by atoms with Crippen LogP contribution in [0.3, 0.4) is 0 Å². The fourth-order valence-electron chi connectivity index (χ4n) is 3.15. The smallest absolute Gasteiger partial charge is 0.352 e. The molecule has 180 valence electrons. The number of amides is 2. The molecule has 0 spiro atoms. The highest BCUT2D eigenvalue weighted by atomic mass is 32.2. The number of benzene rings is 2. The standard InChI is InChI=1S/C22H21F4N5O2S/c1-3-27-20(32)14-4-6-17(7-5-14)31-18(12-34-2)19(29-30-31)21(33)28-11-13-8-15(22(24,25)26)10-16(23)9-13/h4-10H,3,11-12H2,1-2H3,(H,27,32)(H,28,33). The summed E-state index contributed by atoms with van der Waals surface area (Å²) in [6, 6.07) is 8.65. The fourth-order valence-corrected chi connectivity index (χ4v) is 3.68. The van der Waals surface area contributed by atoms with Crippen molar-refractivity contribution in [2.75, 3.05) is 12.8 Å². The van der Waals surface area contributed by atoms with Gasteiger partial charge in [-0.1, -0.05) is 5.21 Å². The quantitative estimate of drug-likeness (QED) is 0.462. The molecule has 34 heavy (non-hydrogen) atoms. The number of halogens is 4. The zero-order chi connectivity index (χ0) is 24.9. The molecule has 0 atom stereocenters. The second-order valence-electron chi connectivity index (χ2n) is 7.16. The highest BCUT2D eigenvalue weighted by Gasteiger charge is 2.31.